The van der Waals surface area contributed by atoms with Gasteiger partial charge in [-0.2, -0.15) is 0 Å². The second-order valence-electron chi connectivity index (χ2n) is 7.47. The van der Waals surface area contributed by atoms with Gasteiger partial charge in [-0.1, -0.05) is 13.3 Å². The number of esters is 2. The summed E-state index contributed by atoms with van der Waals surface area (Å²) in [6, 6.07) is -0.831. The van der Waals surface area contributed by atoms with Crippen LogP contribution in [-0.4, -0.2) is 85.5 Å². The van der Waals surface area contributed by atoms with Crippen molar-refractivity contribution in [3.8, 4) is 0 Å². The van der Waals surface area contributed by atoms with Crippen LogP contribution >= 0.6 is 0 Å². The molecule has 0 aromatic heterocycles. The fourth-order valence-corrected chi connectivity index (χ4v) is 3.63. The van der Waals surface area contributed by atoms with Gasteiger partial charge in [0.05, 0.1) is 32.1 Å². The van der Waals surface area contributed by atoms with Gasteiger partial charge in [-0.3, -0.25) is 24.1 Å². The summed E-state index contributed by atoms with van der Waals surface area (Å²) in [5.41, 5.74) is 0. The van der Waals surface area contributed by atoms with Crippen molar-refractivity contribution < 1.29 is 28.7 Å². The molecule has 0 saturated carbocycles. The van der Waals surface area contributed by atoms with Crippen LogP contribution in [0.25, 0.3) is 0 Å². The van der Waals surface area contributed by atoms with E-state index in [-0.39, 0.29) is 36.7 Å². The summed E-state index contributed by atoms with van der Waals surface area (Å²) < 4.78 is 10.2. The number of likely N-dealkylation sites (tertiary alicyclic amines) is 1. The van der Waals surface area contributed by atoms with Crippen molar-refractivity contribution in [1.29, 1.82) is 0 Å². The smallest absolute Gasteiger partial charge is 0.309 e. The van der Waals surface area contributed by atoms with Gasteiger partial charge in [-0.05, 0) is 39.3 Å². The number of carbonyl (C=O) groups excluding carboxylic acids is 4. The van der Waals surface area contributed by atoms with Crippen molar-refractivity contribution in [1.82, 2.24) is 15.1 Å². The molecule has 2 aliphatic rings. The fraction of sp³-hybridized carbons (Fsp3) is 0.800. The molecule has 9 heteroatoms. The SMILES string of the molecule is CCCCOC(=O)CC1C(=O)NCCN1C(=O)CN1CCC(C(=O)OCC)CC1. The third-order valence-corrected chi connectivity index (χ3v) is 5.34. The minimum absolute atomic E-state index is 0.118. The molecule has 29 heavy (non-hydrogen) atoms. The van der Waals surface area contributed by atoms with Gasteiger partial charge in [-0.25, -0.2) is 0 Å². The summed E-state index contributed by atoms with van der Waals surface area (Å²) in [6.45, 7) is 6.65. The van der Waals surface area contributed by atoms with Crippen molar-refractivity contribution in [2.45, 2.75) is 52.0 Å². The van der Waals surface area contributed by atoms with E-state index in [0.29, 0.717) is 52.2 Å². The molecule has 0 aromatic carbocycles. The van der Waals surface area contributed by atoms with E-state index in [2.05, 4.69) is 5.32 Å². The van der Waals surface area contributed by atoms with Crippen LogP contribution in [0, 0.1) is 5.92 Å². The highest BCUT2D eigenvalue weighted by atomic mass is 16.5. The average molecular weight is 411 g/mol. The van der Waals surface area contributed by atoms with Crippen molar-refractivity contribution >= 4 is 23.8 Å². The quantitative estimate of drug-likeness (QED) is 0.430. The molecule has 0 bridgehead atoms. The lowest BCUT2D eigenvalue weighted by Gasteiger charge is -2.37. The largest absolute Gasteiger partial charge is 0.466 e. The maximum absolute atomic E-state index is 12.8. The first-order valence-corrected chi connectivity index (χ1v) is 10.6. The second-order valence-corrected chi connectivity index (χ2v) is 7.47. The first-order valence-electron chi connectivity index (χ1n) is 10.6. The Morgan fingerprint density at radius 3 is 2.48 bits per heavy atom. The first kappa shape index (κ1) is 23.1. The molecule has 1 N–H and O–H groups in total. The Labute approximate surface area is 172 Å². The van der Waals surface area contributed by atoms with Crippen LogP contribution < -0.4 is 5.32 Å². The topological polar surface area (TPSA) is 105 Å². The van der Waals surface area contributed by atoms with E-state index in [0.717, 1.165) is 12.8 Å². The molecular weight excluding hydrogens is 378 g/mol. The number of piperazine rings is 1. The van der Waals surface area contributed by atoms with E-state index in [4.69, 9.17) is 9.47 Å². The number of nitrogens with zero attached hydrogens (tertiary/aromatic N) is 2. The molecule has 9 nitrogen and oxygen atoms in total. The van der Waals surface area contributed by atoms with E-state index in [1.54, 1.807) is 6.92 Å². The monoisotopic (exact) mass is 411 g/mol. The molecule has 0 spiro atoms. The Kier molecular flexibility index (Phi) is 9.37. The highest BCUT2D eigenvalue weighted by Gasteiger charge is 2.36. The first-order chi connectivity index (χ1) is 14.0. The number of ether oxygens (including phenoxy) is 2. The third kappa shape index (κ3) is 6.99. The van der Waals surface area contributed by atoms with Crippen LogP contribution in [0.15, 0.2) is 0 Å². The van der Waals surface area contributed by atoms with Crippen molar-refractivity contribution in [3.63, 3.8) is 0 Å². The van der Waals surface area contributed by atoms with E-state index in [1.165, 1.54) is 4.90 Å². The van der Waals surface area contributed by atoms with E-state index in [1.807, 2.05) is 11.8 Å². The second kappa shape index (κ2) is 11.7. The van der Waals surface area contributed by atoms with Gasteiger partial charge in [0.25, 0.3) is 0 Å². The molecular formula is C20H33N3O6. The molecule has 2 amide bonds. The van der Waals surface area contributed by atoms with Crippen LogP contribution in [0.1, 0.15) is 46.0 Å². The third-order valence-electron chi connectivity index (χ3n) is 5.34. The van der Waals surface area contributed by atoms with Gasteiger partial charge in [-0.15, -0.1) is 0 Å². The average Bonchev–Trinajstić information content (AvgIpc) is 2.70. The Bertz CT molecular complexity index is 589. The lowest BCUT2D eigenvalue weighted by molar-refractivity contribution is -0.152. The summed E-state index contributed by atoms with van der Waals surface area (Å²) in [5, 5.41) is 2.72. The van der Waals surface area contributed by atoms with Crippen molar-refractivity contribution in [2.75, 3.05) is 45.9 Å². The number of nitrogens with one attached hydrogen (secondary N) is 1. The maximum Gasteiger partial charge on any atom is 0.309 e. The van der Waals surface area contributed by atoms with Gasteiger partial charge < -0.3 is 19.7 Å². The number of piperidine rings is 1. The molecule has 2 saturated heterocycles. The normalized spacial score (nSPS) is 20.8. The minimum atomic E-state index is -0.831. The highest BCUT2D eigenvalue weighted by Crippen LogP contribution is 2.19. The Morgan fingerprint density at radius 2 is 1.83 bits per heavy atom. The number of amides is 2. The minimum Gasteiger partial charge on any atom is -0.466 e. The van der Waals surface area contributed by atoms with Crippen LogP contribution in [0.4, 0.5) is 0 Å². The molecule has 0 radical (unpaired) electrons. The number of carbonyl (C=O) groups is 4. The fourth-order valence-electron chi connectivity index (χ4n) is 3.63. The van der Waals surface area contributed by atoms with Gasteiger partial charge in [0, 0.05) is 13.1 Å². The maximum atomic E-state index is 12.8. The summed E-state index contributed by atoms with van der Waals surface area (Å²) in [7, 11) is 0. The van der Waals surface area contributed by atoms with Gasteiger partial charge in [0.15, 0.2) is 0 Å². The molecule has 1 unspecified atom stereocenters. The number of unbranched alkanes of at least 4 members (excludes halogenated alkanes) is 1. The van der Waals surface area contributed by atoms with E-state index < -0.39 is 12.0 Å². The molecule has 2 aliphatic heterocycles. The van der Waals surface area contributed by atoms with Gasteiger partial charge >= 0.3 is 11.9 Å². The summed E-state index contributed by atoms with van der Waals surface area (Å²) in [5.74, 6) is -1.26. The Hall–Kier alpha value is -2.16. The molecule has 2 heterocycles. The molecule has 0 aromatic rings. The predicted octanol–water partition coefficient (Wildman–Crippen LogP) is 0.322. The zero-order valence-corrected chi connectivity index (χ0v) is 17.5. The lowest BCUT2D eigenvalue weighted by atomic mass is 9.97. The molecule has 0 aliphatic carbocycles. The molecule has 164 valence electrons. The standard InChI is InChI=1S/C20H33N3O6/c1-3-5-12-29-18(25)13-16-19(26)21-8-11-23(16)17(24)14-22-9-6-15(7-10-22)20(27)28-4-2/h15-16H,3-14H2,1-2H3,(H,21,26). The summed E-state index contributed by atoms with van der Waals surface area (Å²) in [4.78, 5) is 52.5. The van der Waals surface area contributed by atoms with Crippen molar-refractivity contribution in [3.05, 3.63) is 0 Å². The van der Waals surface area contributed by atoms with Crippen LogP contribution in [0.3, 0.4) is 0 Å². The zero-order chi connectivity index (χ0) is 21.2. The number of hydrogen-bond acceptors (Lipinski definition) is 7. The van der Waals surface area contributed by atoms with Crippen LogP contribution in [-0.2, 0) is 28.7 Å². The van der Waals surface area contributed by atoms with E-state index in [9.17, 15) is 19.2 Å². The predicted molar refractivity (Wildman–Crippen MR) is 105 cm³/mol. The summed E-state index contributed by atoms with van der Waals surface area (Å²) >= 11 is 0. The number of rotatable bonds is 9. The Balaban J connectivity index is 1.86. The molecule has 2 rings (SSSR count). The van der Waals surface area contributed by atoms with Gasteiger partial charge in [0.1, 0.15) is 6.04 Å². The summed E-state index contributed by atoms with van der Waals surface area (Å²) in [6.07, 6.45) is 2.85. The van der Waals surface area contributed by atoms with E-state index >= 15 is 0 Å². The van der Waals surface area contributed by atoms with Gasteiger partial charge in [0.2, 0.25) is 11.8 Å². The van der Waals surface area contributed by atoms with Crippen LogP contribution in [0.5, 0.6) is 0 Å². The Morgan fingerprint density at radius 1 is 1.10 bits per heavy atom. The van der Waals surface area contributed by atoms with Crippen LogP contribution in [0.2, 0.25) is 0 Å². The van der Waals surface area contributed by atoms with Crippen molar-refractivity contribution in [2.24, 2.45) is 5.92 Å². The lowest BCUT2D eigenvalue weighted by Crippen LogP contribution is -2.59. The molecule has 1 atom stereocenters. The zero-order valence-electron chi connectivity index (χ0n) is 17.5. The highest BCUT2D eigenvalue weighted by molar-refractivity contribution is 5.92. The molecule has 2 fully saturated rings. The number of hydrogen-bond donors (Lipinski definition) is 1.